The molecule has 0 saturated carbocycles. The average Bonchev–Trinajstić information content (AvgIpc) is 2.90. The standard InChI is InChI=1S/C17H25N5O.ClH/c1-20-15(23)11-13-12-18-17(19-16(13)20)22-9-5-14(6-10-22)21-7-3-2-4-8-21;/h12,14H,2-11H2,1H3;1H. The Morgan fingerprint density at radius 3 is 2.50 bits per heavy atom. The fourth-order valence-corrected chi connectivity index (χ4v) is 4.07. The fourth-order valence-electron chi connectivity index (χ4n) is 4.07. The highest BCUT2D eigenvalue weighted by Gasteiger charge is 2.29. The number of halogens is 1. The number of likely N-dealkylation sites (N-methyl/N-ethyl adjacent to an activating group) is 1. The van der Waals surface area contributed by atoms with E-state index >= 15 is 0 Å². The van der Waals surface area contributed by atoms with Crippen LogP contribution in [0.3, 0.4) is 0 Å². The number of piperidine rings is 2. The highest BCUT2D eigenvalue weighted by atomic mass is 35.5. The number of aromatic nitrogens is 2. The first-order valence-electron chi connectivity index (χ1n) is 8.84. The van der Waals surface area contributed by atoms with Crippen LogP contribution in [0.5, 0.6) is 0 Å². The van der Waals surface area contributed by atoms with E-state index in [0.717, 1.165) is 36.5 Å². The maximum atomic E-state index is 11.8. The Morgan fingerprint density at radius 2 is 1.79 bits per heavy atom. The van der Waals surface area contributed by atoms with Crippen LogP contribution in [0.2, 0.25) is 0 Å². The normalized spacial score (nSPS) is 22.5. The van der Waals surface area contributed by atoms with Gasteiger partial charge in [-0.05, 0) is 38.8 Å². The van der Waals surface area contributed by atoms with E-state index in [1.807, 2.05) is 6.20 Å². The molecule has 0 unspecified atom stereocenters. The third kappa shape index (κ3) is 3.22. The number of hydrogen-bond acceptors (Lipinski definition) is 5. The van der Waals surface area contributed by atoms with E-state index in [4.69, 9.17) is 0 Å². The number of carbonyl (C=O) groups is 1. The quantitative estimate of drug-likeness (QED) is 0.814. The van der Waals surface area contributed by atoms with Crippen molar-refractivity contribution in [2.24, 2.45) is 0 Å². The van der Waals surface area contributed by atoms with Crippen molar-refractivity contribution in [2.75, 3.05) is 43.0 Å². The van der Waals surface area contributed by atoms with Gasteiger partial charge in [0.2, 0.25) is 11.9 Å². The zero-order valence-electron chi connectivity index (χ0n) is 14.3. The van der Waals surface area contributed by atoms with Gasteiger partial charge >= 0.3 is 0 Å². The van der Waals surface area contributed by atoms with Gasteiger partial charge in [-0.15, -0.1) is 12.4 Å². The van der Waals surface area contributed by atoms with Crippen LogP contribution in [0, 0.1) is 0 Å². The second-order valence-electron chi connectivity index (χ2n) is 6.96. The molecule has 2 saturated heterocycles. The van der Waals surface area contributed by atoms with E-state index < -0.39 is 0 Å². The highest BCUT2D eigenvalue weighted by Crippen LogP contribution is 2.28. The minimum absolute atomic E-state index is 0. The number of amides is 1. The van der Waals surface area contributed by atoms with Crippen molar-refractivity contribution in [2.45, 2.75) is 44.6 Å². The molecule has 1 aromatic heterocycles. The zero-order valence-corrected chi connectivity index (χ0v) is 15.1. The summed E-state index contributed by atoms with van der Waals surface area (Å²) in [5, 5.41) is 0. The van der Waals surface area contributed by atoms with Gasteiger partial charge < -0.3 is 9.80 Å². The third-order valence-electron chi connectivity index (χ3n) is 5.52. The van der Waals surface area contributed by atoms with Crippen molar-refractivity contribution in [1.82, 2.24) is 14.9 Å². The summed E-state index contributed by atoms with van der Waals surface area (Å²) >= 11 is 0. The van der Waals surface area contributed by atoms with Crippen LogP contribution in [0.25, 0.3) is 0 Å². The van der Waals surface area contributed by atoms with Gasteiger partial charge in [-0.1, -0.05) is 6.42 Å². The molecule has 3 aliphatic heterocycles. The van der Waals surface area contributed by atoms with Crippen LogP contribution >= 0.6 is 12.4 Å². The predicted molar refractivity (Wildman–Crippen MR) is 97.1 cm³/mol. The van der Waals surface area contributed by atoms with E-state index in [2.05, 4.69) is 19.8 Å². The average molecular weight is 352 g/mol. The number of hydrogen-bond donors (Lipinski definition) is 0. The third-order valence-corrected chi connectivity index (χ3v) is 5.52. The fraction of sp³-hybridized carbons (Fsp3) is 0.706. The second kappa shape index (κ2) is 7.23. The van der Waals surface area contributed by atoms with Gasteiger partial charge in [0.05, 0.1) is 6.42 Å². The van der Waals surface area contributed by atoms with Crippen LogP contribution in [0.1, 0.15) is 37.7 Å². The molecule has 0 spiro atoms. The van der Waals surface area contributed by atoms with Crippen molar-refractivity contribution in [3.05, 3.63) is 11.8 Å². The number of likely N-dealkylation sites (tertiary alicyclic amines) is 1. The summed E-state index contributed by atoms with van der Waals surface area (Å²) in [5.41, 5.74) is 0.949. The Bertz CT molecular complexity index is 597. The van der Waals surface area contributed by atoms with Crippen molar-refractivity contribution in [1.29, 1.82) is 0 Å². The summed E-state index contributed by atoms with van der Waals surface area (Å²) < 4.78 is 0. The maximum Gasteiger partial charge on any atom is 0.232 e. The summed E-state index contributed by atoms with van der Waals surface area (Å²) in [6.07, 6.45) is 8.75. The van der Waals surface area contributed by atoms with Crippen molar-refractivity contribution in [3.63, 3.8) is 0 Å². The second-order valence-corrected chi connectivity index (χ2v) is 6.96. The predicted octanol–water partition coefficient (Wildman–Crippen LogP) is 1.87. The number of nitrogens with zero attached hydrogens (tertiary/aromatic N) is 5. The van der Waals surface area contributed by atoms with E-state index in [1.165, 1.54) is 45.2 Å². The van der Waals surface area contributed by atoms with Crippen LogP contribution in [0.15, 0.2) is 6.20 Å². The molecule has 2 fully saturated rings. The molecule has 7 heteroatoms. The van der Waals surface area contributed by atoms with Crippen molar-refractivity contribution >= 4 is 30.1 Å². The molecule has 132 valence electrons. The molecule has 1 aromatic rings. The molecule has 0 radical (unpaired) electrons. The van der Waals surface area contributed by atoms with Gasteiger partial charge in [0.25, 0.3) is 0 Å². The molecular formula is C17H26ClN5O. The monoisotopic (exact) mass is 351 g/mol. The van der Waals surface area contributed by atoms with E-state index in [9.17, 15) is 4.79 Å². The first kappa shape index (κ1) is 17.4. The van der Waals surface area contributed by atoms with Gasteiger partial charge in [0, 0.05) is 37.9 Å². The minimum atomic E-state index is 0. The lowest BCUT2D eigenvalue weighted by Crippen LogP contribution is -2.47. The summed E-state index contributed by atoms with van der Waals surface area (Å²) in [6, 6.07) is 0.727. The summed E-state index contributed by atoms with van der Waals surface area (Å²) in [6.45, 7) is 4.56. The van der Waals surface area contributed by atoms with Crippen LogP contribution in [0.4, 0.5) is 11.8 Å². The molecule has 0 atom stereocenters. The Hall–Kier alpha value is -1.40. The van der Waals surface area contributed by atoms with Crippen LogP contribution < -0.4 is 9.80 Å². The minimum Gasteiger partial charge on any atom is -0.341 e. The molecule has 4 rings (SSSR count). The van der Waals surface area contributed by atoms with Gasteiger partial charge in [-0.2, -0.15) is 4.98 Å². The lowest BCUT2D eigenvalue weighted by atomic mass is 10.0. The molecule has 0 aromatic carbocycles. The molecule has 3 aliphatic rings. The van der Waals surface area contributed by atoms with Crippen LogP contribution in [-0.4, -0.2) is 60.0 Å². The summed E-state index contributed by atoms with van der Waals surface area (Å²) in [4.78, 5) is 27.5. The van der Waals surface area contributed by atoms with E-state index in [0.29, 0.717) is 6.42 Å². The Balaban J connectivity index is 0.00000169. The van der Waals surface area contributed by atoms with Crippen molar-refractivity contribution < 1.29 is 4.79 Å². The maximum absolute atomic E-state index is 11.8. The SMILES string of the molecule is CN1C(=O)Cc2cnc(N3CCC(N4CCCCC4)CC3)nc21.Cl. The number of fused-ring (bicyclic) bond motifs is 1. The first-order chi connectivity index (χ1) is 11.2. The van der Waals surface area contributed by atoms with Gasteiger partial charge in [0.15, 0.2) is 0 Å². The van der Waals surface area contributed by atoms with E-state index in [1.54, 1.807) is 11.9 Å². The topological polar surface area (TPSA) is 52.6 Å². The Labute approximate surface area is 149 Å². The lowest BCUT2D eigenvalue weighted by molar-refractivity contribution is -0.117. The first-order valence-corrected chi connectivity index (χ1v) is 8.84. The molecule has 6 nitrogen and oxygen atoms in total. The lowest BCUT2D eigenvalue weighted by Gasteiger charge is -2.40. The van der Waals surface area contributed by atoms with E-state index in [-0.39, 0.29) is 18.3 Å². The van der Waals surface area contributed by atoms with Gasteiger partial charge in [0.1, 0.15) is 5.82 Å². The van der Waals surface area contributed by atoms with Crippen LogP contribution in [-0.2, 0) is 11.2 Å². The number of carbonyl (C=O) groups excluding carboxylic acids is 1. The van der Waals surface area contributed by atoms with Gasteiger partial charge in [-0.25, -0.2) is 4.98 Å². The summed E-state index contributed by atoms with van der Waals surface area (Å²) in [7, 11) is 1.80. The Morgan fingerprint density at radius 1 is 1.08 bits per heavy atom. The molecule has 0 aliphatic carbocycles. The summed E-state index contributed by atoms with van der Waals surface area (Å²) in [5.74, 6) is 1.68. The largest absolute Gasteiger partial charge is 0.341 e. The molecule has 0 bridgehead atoms. The van der Waals surface area contributed by atoms with Crippen molar-refractivity contribution in [3.8, 4) is 0 Å². The number of anilines is 2. The molecule has 4 heterocycles. The number of rotatable bonds is 2. The van der Waals surface area contributed by atoms with Gasteiger partial charge in [-0.3, -0.25) is 9.69 Å². The highest BCUT2D eigenvalue weighted by molar-refractivity contribution is 5.99. The molecule has 24 heavy (non-hydrogen) atoms. The molecule has 1 amide bonds. The Kier molecular flexibility index (Phi) is 5.25. The molecular weight excluding hydrogens is 326 g/mol. The smallest absolute Gasteiger partial charge is 0.232 e. The zero-order chi connectivity index (χ0) is 15.8. The molecule has 0 N–H and O–H groups in total.